The number of rotatable bonds is 6. The van der Waals surface area contributed by atoms with E-state index in [2.05, 4.69) is 40.2 Å². The second-order valence-corrected chi connectivity index (χ2v) is 8.92. The van der Waals surface area contributed by atoms with E-state index in [1.165, 1.54) is 28.5 Å². The zero-order chi connectivity index (χ0) is 22.0. The Bertz CT molecular complexity index is 1130. The molecule has 4 rings (SSSR count). The topological polar surface area (TPSA) is 91.6 Å². The van der Waals surface area contributed by atoms with E-state index in [0.717, 1.165) is 36.8 Å². The summed E-state index contributed by atoms with van der Waals surface area (Å²) in [6.45, 7) is 6.63. The normalized spacial score (nSPS) is 14.7. The first-order chi connectivity index (χ1) is 14.9. The van der Waals surface area contributed by atoms with Crippen molar-refractivity contribution >= 4 is 49.9 Å². The van der Waals surface area contributed by atoms with Crippen molar-refractivity contribution in [3.8, 4) is 0 Å². The molecular formula is C21H22ClN5O3S. The fourth-order valence-corrected chi connectivity index (χ4v) is 4.88. The van der Waals surface area contributed by atoms with Crippen LogP contribution >= 0.6 is 22.9 Å². The van der Waals surface area contributed by atoms with Gasteiger partial charge in [-0.15, -0.1) is 0 Å². The van der Waals surface area contributed by atoms with E-state index in [0.29, 0.717) is 13.1 Å². The molecule has 162 valence electrons. The molecule has 0 radical (unpaired) electrons. The number of aryl methyl sites for hydroxylation is 1. The van der Waals surface area contributed by atoms with E-state index in [9.17, 15) is 14.9 Å². The number of nitrogens with one attached hydrogen (secondary N) is 1. The quantitative estimate of drug-likeness (QED) is 0.446. The fourth-order valence-electron chi connectivity index (χ4n) is 3.59. The molecule has 3 aromatic rings. The predicted molar refractivity (Wildman–Crippen MR) is 123 cm³/mol. The van der Waals surface area contributed by atoms with Crippen molar-refractivity contribution in [2.45, 2.75) is 6.92 Å². The first-order valence-electron chi connectivity index (χ1n) is 9.97. The number of anilines is 1. The standard InChI is InChI=1S/C21H22ClN5O3S/c1-14-2-4-17-19(12-14)31-21(24-17)26-10-8-25(9-11-26)7-6-23-20(28)16-13-15(22)3-5-18(16)27(29)30/h2-5,12-13H,6-11H2,1H3,(H,23,28). The van der Waals surface area contributed by atoms with Crippen LogP contribution in [0.4, 0.5) is 10.8 Å². The molecule has 1 aliphatic rings. The Labute approximate surface area is 188 Å². The van der Waals surface area contributed by atoms with E-state index >= 15 is 0 Å². The molecule has 1 amide bonds. The van der Waals surface area contributed by atoms with Gasteiger partial charge in [0.2, 0.25) is 0 Å². The Morgan fingerprint density at radius 1 is 1.23 bits per heavy atom. The van der Waals surface area contributed by atoms with Crippen molar-refractivity contribution in [3.63, 3.8) is 0 Å². The van der Waals surface area contributed by atoms with Crippen molar-refractivity contribution in [2.24, 2.45) is 0 Å². The molecule has 0 bridgehead atoms. The average Bonchev–Trinajstić information content (AvgIpc) is 3.17. The maximum absolute atomic E-state index is 12.4. The lowest BCUT2D eigenvalue weighted by Crippen LogP contribution is -2.48. The maximum Gasteiger partial charge on any atom is 0.282 e. The van der Waals surface area contributed by atoms with E-state index < -0.39 is 10.8 Å². The number of piperazine rings is 1. The van der Waals surface area contributed by atoms with Crippen molar-refractivity contribution in [3.05, 3.63) is 62.7 Å². The highest BCUT2D eigenvalue weighted by Crippen LogP contribution is 2.30. The second-order valence-electron chi connectivity index (χ2n) is 7.47. The number of nitrogens with zero attached hydrogens (tertiary/aromatic N) is 4. The Balaban J connectivity index is 1.28. The number of aromatic nitrogens is 1. The molecule has 1 saturated heterocycles. The van der Waals surface area contributed by atoms with E-state index in [1.807, 2.05) is 0 Å². The number of carbonyl (C=O) groups excluding carboxylic acids is 1. The smallest absolute Gasteiger partial charge is 0.282 e. The number of fused-ring (bicyclic) bond motifs is 1. The monoisotopic (exact) mass is 459 g/mol. The van der Waals surface area contributed by atoms with E-state index in [-0.39, 0.29) is 16.3 Å². The Kier molecular flexibility index (Phi) is 6.35. The van der Waals surface area contributed by atoms with Gasteiger partial charge in [0.1, 0.15) is 5.56 Å². The van der Waals surface area contributed by atoms with Crippen LogP contribution in [0.2, 0.25) is 5.02 Å². The second kappa shape index (κ2) is 9.17. The summed E-state index contributed by atoms with van der Waals surface area (Å²) < 4.78 is 1.20. The summed E-state index contributed by atoms with van der Waals surface area (Å²) in [6.07, 6.45) is 0. The summed E-state index contributed by atoms with van der Waals surface area (Å²) in [5.41, 5.74) is 2.00. The van der Waals surface area contributed by atoms with Crippen molar-refractivity contribution < 1.29 is 9.72 Å². The Morgan fingerprint density at radius 2 is 2.00 bits per heavy atom. The van der Waals surface area contributed by atoms with Gasteiger partial charge in [0.25, 0.3) is 11.6 Å². The fraction of sp³-hybridized carbons (Fsp3) is 0.333. The predicted octanol–water partition coefficient (Wildman–Crippen LogP) is 3.72. The Hall–Kier alpha value is -2.75. The number of amides is 1. The summed E-state index contributed by atoms with van der Waals surface area (Å²) in [4.78, 5) is 32.3. The number of carbonyl (C=O) groups is 1. The minimum atomic E-state index is -0.576. The van der Waals surface area contributed by atoms with E-state index in [1.54, 1.807) is 11.3 Å². The number of halogens is 1. The molecule has 1 aromatic heterocycles. The van der Waals surface area contributed by atoms with Gasteiger partial charge in [0.15, 0.2) is 5.13 Å². The molecule has 0 unspecified atom stereocenters. The van der Waals surface area contributed by atoms with Crippen molar-refractivity contribution in [1.29, 1.82) is 0 Å². The van der Waals surface area contributed by atoms with Gasteiger partial charge in [-0.1, -0.05) is 29.0 Å². The molecule has 1 N–H and O–H groups in total. The lowest BCUT2D eigenvalue weighted by Gasteiger charge is -2.34. The van der Waals surface area contributed by atoms with Crippen LogP contribution in [0.3, 0.4) is 0 Å². The highest BCUT2D eigenvalue weighted by molar-refractivity contribution is 7.22. The zero-order valence-electron chi connectivity index (χ0n) is 17.0. The lowest BCUT2D eigenvalue weighted by atomic mass is 10.1. The Morgan fingerprint density at radius 3 is 2.74 bits per heavy atom. The number of nitro benzene ring substituents is 1. The van der Waals surface area contributed by atoms with Gasteiger partial charge in [-0.25, -0.2) is 4.98 Å². The molecule has 0 atom stereocenters. The van der Waals surface area contributed by atoms with Gasteiger partial charge in [0, 0.05) is 50.4 Å². The maximum atomic E-state index is 12.4. The molecule has 0 aliphatic carbocycles. The van der Waals surface area contributed by atoms with Crippen LogP contribution in [0.1, 0.15) is 15.9 Å². The van der Waals surface area contributed by atoms with Gasteiger partial charge < -0.3 is 10.2 Å². The van der Waals surface area contributed by atoms with Crippen LogP contribution in [-0.2, 0) is 0 Å². The summed E-state index contributed by atoms with van der Waals surface area (Å²) in [7, 11) is 0. The first-order valence-corrected chi connectivity index (χ1v) is 11.2. The molecule has 2 heterocycles. The molecule has 1 aliphatic heterocycles. The first kappa shape index (κ1) is 21.5. The third-order valence-corrected chi connectivity index (χ3v) is 6.60. The van der Waals surface area contributed by atoms with Crippen molar-refractivity contribution in [2.75, 3.05) is 44.2 Å². The van der Waals surface area contributed by atoms with E-state index in [4.69, 9.17) is 16.6 Å². The lowest BCUT2D eigenvalue weighted by molar-refractivity contribution is -0.385. The summed E-state index contributed by atoms with van der Waals surface area (Å²) in [5, 5.41) is 15.2. The summed E-state index contributed by atoms with van der Waals surface area (Å²) >= 11 is 7.62. The van der Waals surface area contributed by atoms with Crippen LogP contribution < -0.4 is 10.2 Å². The number of hydrogen-bond acceptors (Lipinski definition) is 7. The van der Waals surface area contributed by atoms with Crippen LogP contribution in [0, 0.1) is 17.0 Å². The highest BCUT2D eigenvalue weighted by Gasteiger charge is 2.22. The highest BCUT2D eigenvalue weighted by atomic mass is 35.5. The van der Waals surface area contributed by atoms with Crippen molar-refractivity contribution in [1.82, 2.24) is 15.2 Å². The third kappa shape index (κ3) is 4.95. The van der Waals surface area contributed by atoms with Gasteiger partial charge in [-0.3, -0.25) is 19.8 Å². The summed E-state index contributed by atoms with van der Waals surface area (Å²) in [6, 6.07) is 10.3. The third-order valence-electron chi connectivity index (χ3n) is 5.29. The number of thiazole rings is 1. The molecule has 0 spiro atoms. The number of benzene rings is 2. The molecule has 8 nitrogen and oxygen atoms in total. The zero-order valence-corrected chi connectivity index (χ0v) is 18.6. The van der Waals surface area contributed by atoms with Crippen LogP contribution in [0.5, 0.6) is 0 Å². The molecule has 31 heavy (non-hydrogen) atoms. The average molecular weight is 460 g/mol. The number of hydrogen-bond donors (Lipinski definition) is 1. The molecule has 2 aromatic carbocycles. The largest absolute Gasteiger partial charge is 0.351 e. The van der Waals surface area contributed by atoms with Gasteiger partial charge in [0.05, 0.1) is 15.1 Å². The minimum Gasteiger partial charge on any atom is -0.351 e. The molecule has 0 saturated carbocycles. The van der Waals surface area contributed by atoms with Crippen LogP contribution in [0.15, 0.2) is 36.4 Å². The molecular weight excluding hydrogens is 438 g/mol. The van der Waals surface area contributed by atoms with Gasteiger partial charge in [-0.2, -0.15) is 0 Å². The minimum absolute atomic E-state index is 0.0200. The SMILES string of the molecule is Cc1ccc2nc(N3CCN(CCNC(=O)c4cc(Cl)ccc4[N+](=O)[O-])CC3)sc2c1. The molecule has 10 heteroatoms. The summed E-state index contributed by atoms with van der Waals surface area (Å²) in [5.74, 6) is -0.488. The van der Waals surface area contributed by atoms with Gasteiger partial charge in [-0.05, 0) is 36.8 Å². The van der Waals surface area contributed by atoms with Gasteiger partial charge >= 0.3 is 0 Å². The van der Waals surface area contributed by atoms with Crippen LogP contribution in [0.25, 0.3) is 10.2 Å². The number of nitro groups is 1. The molecule has 1 fully saturated rings. The van der Waals surface area contributed by atoms with Crippen LogP contribution in [-0.4, -0.2) is 60.0 Å².